The van der Waals surface area contributed by atoms with E-state index in [1.54, 1.807) is 23.1 Å². The highest BCUT2D eigenvalue weighted by Gasteiger charge is 2.59. The third-order valence-corrected chi connectivity index (χ3v) is 9.59. The maximum Gasteiger partial charge on any atom is 0.255 e. The second-order valence-electron chi connectivity index (χ2n) is 11.0. The zero-order valence-electron chi connectivity index (χ0n) is 19.4. The summed E-state index contributed by atoms with van der Waals surface area (Å²) in [5.41, 5.74) is 0.219. The Kier molecular flexibility index (Phi) is 4.92. The molecule has 0 aromatic heterocycles. The van der Waals surface area contributed by atoms with E-state index in [-0.39, 0.29) is 40.8 Å². The lowest BCUT2D eigenvalue weighted by Crippen LogP contribution is -2.56. The Labute approximate surface area is 207 Å². The summed E-state index contributed by atoms with van der Waals surface area (Å²) < 4.78 is 29.2. The summed E-state index contributed by atoms with van der Waals surface area (Å²) in [5.74, 6) is 0.606. The Hall–Kier alpha value is -2.29. The van der Waals surface area contributed by atoms with Crippen molar-refractivity contribution in [2.75, 3.05) is 19.6 Å². The number of carbonyl (C=O) groups excluding carboxylic acids is 2. The van der Waals surface area contributed by atoms with Crippen molar-refractivity contribution in [3.05, 3.63) is 35.7 Å². The molecule has 4 unspecified atom stereocenters. The molecule has 0 radical (unpaired) electrons. The van der Waals surface area contributed by atoms with E-state index in [9.17, 15) is 14.0 Å². The van der Waals surface area contributed by atoms with Gasteiger partial charge in [0.05, 0.1) is 22.3 Å². The highest BCUT2D eigenvalue weighted by atomic mass is 32.2. The Bertz CT molecular complexity index is 1150. The molecule has 0 N–H and O–H groups in total. The number of halogens is 2. The van der Waals surface area contributed by atoms with Gasteiger partial charge >= 0.3 is 0 Å². The Morgan fingerprint density at radius 3 is 2.71 bits per heavy atom. The van der Waals surface area contributed by atoms with Crippen LogP contribution in [0, 0.1) is 17.8 Å². The summed E-state index contributed by atoms with van der Waals surface area (Å²) in [7, 11) is 0. The molecule has 2 saturated carbocycles. The largest absolute Gasteiger partial charge is 0.342 e. The van der Waals surface area contributed by atoms with Crippen LogP contribution >= 0.6 is 11.8 Å². The normalized spacial score (nSPS) is 35.4. The molecule has 4 atom stereocenters. The fourth-order valence-corrected chi connectivity index (χ4v) is 7.15. The number of allylic oxidation sites excluding steroid dienone is 3. The van der Waals surface area contributed by atoms with E-state index >= 15 is 4.39 Å². The molecule has 1 saturated heterocycles. The maximum atomic E-state index is 15.6. The van der Waals surface area contributed by atoms with E-state index < -0.39 is 17.6 Å². The van der Waals surface area contributed by atoms with E-state index in [0.717, 1.165) is 36.3 Å². The number of hydrogen-bond acceptors (Lipinski definition) is 5. The van der Waals surface area contributed by atoms with Crippen molar-refractivity contribution < 1.29 is 18.4 Å². The summed E-state index contributed by atoms with van der Waals surface area (Å²) in [6, 6.07) is -0.0953. The SMILES string of the molecule is O=C(C1CC1)N1CC(CN2C(=O)C3(CC3)N=C2C2CCC(C3=NC4C=CC(F)=CC4S3)=CC2F)C1. The molecule has 0 aromatic carbocycles. The first-order valence-electron chi connectivity index (χ1n) is 12.8. The van der Waals surface area contributed by atoms with Crippen molar-refractivity contribution in [2.45, 2.75) is 61.5 Å². The van der Waals surface area contributed by atoms with Crippen LogP contribution in [0.4, 0.5) is 8.78 Å². The molecule has 1 spiro atoms. The van der Waals surface area contributed by atoms with Crippen molar-refractivity contribution in [1.29, 1.82) is 0 Å². The highest BCUT2D eigenvalue weighted by molar-refractivity contribution is 8.15. The standard InChI is InChI=1S/C26H28F2N4O2S/c27-17-4-6-20-21(10-17)35-23(29-20)16-3-5-18(19(28)9-16)22-30-26(7-8-26)25(34)32(22)13-14-11-31(12-14)24(33)15-1-2-15/h4,6,9-10,14-15,18-21H,1-3,5,7-8,11-13H2. The van der Waals surface area contributed by atoms with E-state index in [2.05, 4.69) is 0 Å². The number of hydrogen-bond donors (Lipinski definition) is 0. The van der Waals surface area contributed by atoms with E-state index in [0.29, 0.717) is 38.3 Å². The smallest absolute Gasteiger partial charge is 0.255 e. The average Bonchev–Trinajstić information content (AvgIpc) is 3.73. The third kappa shape index (κ3) is 3.72. The summed E-state index contributed by atoms with van der Waals surface area (Å²) >= 11 is 1.50. The monoisotopic (exact) mass is 498 g/mol. The van der Waals surface area contributed by atoms with Gasteiger partial charge in [-0.1, -0.05) is 17.8 Å². The molecule has 3 aliphatic heterocycles. The van der Waals surface area contributed by atoms with Crippen LogP contribution in [0.5, 0.6) is 0 Å². The fraction of sp³-hybridized carbons (Fsp3) is 0.615. The molecule has 2 amide bonds. The number of aliphatic imine (C=N–C) groups is 2. The number of fused-ring (bicyclic) bond motifs is 1. The quantitative estimate of drug-likeness (QED) is 0.582. The van der Waals surface area contributed by atoms with Gasteiger partial charge in [0.2, 0.25) is 5.91 Å². The molecule has 7 aliphatic rings. The molecule has 6 nitrogen and oxygen atoms in total. The zero-order chi connectivity index (χ0) is 23.9. The maximum absolute atomic E-state index is 15.6. The van der Waals surface area contributed by atoms with Crippen LogP contribution in [0.1, 0.15) is 38.5 Å². The number of likely N-dealkylation sites (tertiary alicyclic amines) is 1. The number of thioether (sulfide) groups is 1. The van der Waals surface area contributed by atoms with Gasteiger partial charge in [-0.05, 0) is 62.3 Å². The topological polar surface area (TPSA) is 65.3 Å². The lowest BCUT2D eigenvalue weighted by Gasteiger charge is -2.42. The van der Waals surface area contributed by atoms with Gasteiger partial charge in [0, 0.05) is 31.5 Å². The van der Waals surface area contributed by atoms with Gasteiger partial charge in [-0.15, -0.1) is 0 Å². The Balaban J connectivity index is 1.05. The minimum Gasteiger partial charge on any atom is -0.342 e. The molecule has 3 fully saturated rings. The Morgan fingerprint density at radius 1 is 1.20 bits per heavy atom. The summed E-state index contributed by atoms with van der Waals surface area (Å²) in [6.07, 6.45) is 9.88. The van der Waals surface area contributed by atoms with Crippen LogP contribution < -0.4 is 0 Å². The van der Waals surface area contributed by atoms with E-state index in [1.165, 1.54) is 17.8 Å². The predicted molar refractivity (Wildman–Crippen MR) is 131 cm³/mol. The molecule has 0 bridgehead atoms. The minimum atomic E-state index is -1.25. The van der Waals surface area contributed by atoms with Crippen LogP contribution in [0.15, 0.2) is 45.7 Å². The van der Waals surface area contributed by atoms with Gasteiger partial charge in [0.25, 0.3) is 5.91 Å². The first-order valence-corrected chi connectivity index (χ1v) is 13.6. The first-order chi connectivity index (χ1) is 16.9. The summed E-state index contributed by atoms with van der Waals surface area (Å²) in [5, 5.41) is 0.731. The van der Waals surface area contributed by atoms with Crippen LogP contribution in [-0.4, -0.2) is 75.1 Å². The summed E-state index contributed by atoms with van der Waals surface area (Å²) in [6.45, 7) is 1.87. The van der Waals surface area contributed by atoms with Crippen molar-refractivity contribution in [3.8, 4) is 0 Å². The number of carbonyl (C=O) groups is 2. The van der Waals surface area contributed by atoms with Gasteiger partial charge in [0.15, 0.2) is 0 Å². The highest BCUT2D eigenvalue weighted by Crippen LogP contribution is 2.48. The van der Waals surface area contributed by atoms with Crippen molar-refractivity contribution >= 4 is 34.5 Å². The first kappa shape index (κ1) is 21.9. The second-order valence-corrected chi connectivity index (χ2v) is 12.2. The molecular weight excluding hydrogens is 470 g/mol. The lowest BCUT2D eigenvalue weighted by molar-refractivity contribution is -0.139. The van der Waals surface area contributed by atoms with Crippen LogP contribution in [0.2, 0.25) is 0 Å². The van der Waals surface area contributed by atoms with Crippen molar-refractivity contribution in [3.63, 3.8) is 0 Å². The number of amides is 2. The third-order valence-electron chi connectivity index (χ3n) is 8.31. The molecule has 0 aromatic rings. The molecule has 35 heavy (non-hydrogen) atoms. The van der Waals surface area contributed by atoms with Gasteiger partial charge in [-0.2, -0.15) is 0 Å². The number of alkyl halides is 1. The number of amidine groups is 1. The zero-order valence-corrected chi connectivity index (χ0v) is 20.2. The number of rotatable bonds is 5. The van der Waals surface area contributed by atoms with Gasteiger partial charge in [-0.25, -0.2) is 8.78 Å². The molecular formula is C26H28F2N4O2S. The van der Waals surface area contributed by atoms with Crippen LogP contribution in [0.3, 0.4) is 0 Å². The molecule has 4 aliphatic carbocycles. The lowest BCUT2D eigenvalue weighted by atomic mass is 9.86. The van der Waals surface area contributed by atoms with Crippen molar-refractivity contribution in [1.82, 2.24) is 9.80 Å². The molecule has 3 heterocycles. The average molecular weight is 499 g/mol. The van der Waals surface area contributed by atoms with Crippen LogP contribution in [0.25, 0.3) is 0 Å². The van der Waals surface area contributed by atoms with Gasteiger partial charge in [0.1, 0.15) is 23.4 Å². The molecule has 184 valence electrons. The van der Waals surface area contributed by atoms with Crippen LogP contribution in [-0.2, 0) is 9.59 Å². The van der Waals surface area contributed by atoms with Gasteiger partial charge < -0.3 is 4.90 Å². The van der Waals surface area contributed by atoms with E-state index in [1.807, 2.05) is 4.90 Å². The van der Waals surface area contributed by atoms with E-state index in [4.69, 9.17) is 9.98 Å². The minimum absolute atomic E-state index is 0.0156. The number of nitrogens with zero attached hydrogens (tertiary/aromatic N) is 4. The Morgan fingerprint density at radius 2 is 2.00 bits per heavy atom. The molecule has 7 rings (SSSR count). The predicted octanol–water partition coefficient (Wildman–Crippen LogP) is 3.61. The fourth-order valence-electron chi connectivity index (χ4n) is 5.89. The summed E-state index contributed by atoms with van der Waals surface area (Å²) in [4.78, 5) is 38.7. The molecule has 9 heteroatoms. The van der Waals surface area contributed by atoms with Gasteiger partial charge in [-0.3, -0.25) is 24.5 Å². The van der Waals surface area contributed by atoms with Crippen molar-refractivity contribution in [2.24, 2.45) is 27.7 Å². The second kappa shape index (κ2) is 7.85.